The second-order valence-electron chi connectivity index (χ2n) is 8.35. The van der Waals surface area contributed by atoms with Crippen LogP contribution in [0.4, 0.5) is 0 Å². The average Bonchev–Trinajstić information content (AvgIpc) is 3.59. The summed E-state index contributed by atoms with van der Waals surface area (Å²) in [4.78, 5) is 17.3. The summed E-state index contributed by atoms with van der Waals surface area (Å²) in [6, 6.07) is 13.0. The molecule has 5 aromatic rings. The molecular formula is C24H22N6O2S. The van der Waals surface area contributed by atoms with Crippen molar-refractivity contribution in [3.05, 3.63) is 61.2 Å². The molecule has 6 rings (SSSR count). The summed E-state index contributed by atoms with van der Waals surface area (Å²) < 4.78 is 29.2. The molecule has 33 heavy (non-hydrogen) atoms. The van der Waals surface area contributed by atoms with E-state index in [0.29, 0.717) is 29.3 Å². The second kappa shape index (κ2) is 7.50. The predicted octanol–water partition coefficient (Wildman–Crippen LogP) is 3.96. The molecule has 166 valence electrons. The van der Waals surface area contributed by atoms with E-state index in [-0.39, 0.29) is 0 Å². The first-order chi connectivity index (χ1) is 16.0. The van der Waals surface area contributed by atoms with Crippen LogP contribution in [-0.2, 0) is 17.1 Å². The normalized spacial score (nSPS) is 15.1. The molecule has 1 aliphatic heterocycles. The van der Waals surface area contributed by atoms with E-state index >= 15 is 0 Å². The molecular weight excluding hydrogens is 436 g/mol. The molecule has 1 saturated heterocycles. The molecule has 0 saturated carbocycles. The van der Waals surface area contributed by atoms with Crippen molar-refractivity contribution in [3.8, 4) is 22.4 Å². The SMILES string of the molecule is Cn1cnc2ccc(-c3c[nH]c4ncc(-c5ccc(S(=O)(=O)N6CCCC6)cc5)nc34)cc21. The molecule has 1 fully saturated rings. The maximum atomic E-state index is 12.8. The number of nitrogens with one attached hydrogen (secondary N) is 1. The van der Waals surface area contributed by atoms with E-state index < -0.39 is 10.0 Å². The summed E-state index contributed by atoms with van der Waals surface area (Å²) in [5.41, 5.74) is 6.94. The van der Waals surface area contributed by atoms with Gasteiger partial charge in [0.25, 0.3) is 0 Å². The summed E-state index contributed by atoms with van der Waals surface area (Å²) in [7, 11) is -1.47. The molecule has 0 bridgehead atoms. The lowest BCUT2D eigenvalue weighted by Gasteiger charge is -2.15. The van der Waals surface area contributed by atoms with Crippen LogP contribution in [0.1, 0.15) is 12.8 Å². The van der Waals surface area contributed by atoms with Crippen LogP contribution < -0.4 is 0 Å². The fourth-order valence-corrected chi connectivity index (χ4v) is 5.94. The number of hydrogen-bond acceptors (Lipinski definition) is 5. The van der Waals surface area contributed by atoms with E-state index in [1.165, 1.54) is 0 Å². The van der Waals surface area contributed by atoms with Crippen molar-refractivity contribution in [2.75, 3.05) is 13.1 Å². The van der Waals surface area contributed by atoms with E-state index in [1.807, 2.05) is 29.9 Å². The fourth-order valence-electron chi connectivity index (χ4n) is 4.42. The smallest absolute Gasteiger partial charge is 0.243 e. The maximum absolute atomic E-state index is 12.8. The quantitative estimate of drug-likeness (QED) is 0.440. The zero-order valence-corrected chi connectivity index (χ0v) is 18.9. The van der Waals surface area contributed by atoms with Crippen molar-refractivity contribution in [2.24, 2.45) is 7.05 Å². The van der Waals surface area contributed by atoms with Crippen molar-refractivity contribution in [1.29, 1.82) is 0 Å². The first kappa shape index (κ1) is 20.1. The Morgan fingerprint density at radius 2 is 1.73 bits per heavy atom. The Bertz CT molecular complexity index is 1600. The number of imidazole rings is 1. The first-order valence-corrected chi connectivity index (χ1v) is 12.3. The Hall–Kier alpha value is -3.56. The molecule has 0 aliphatic carbocycles. The molecule has 8 nitrogen and oxygen atoms in total. The van der Waals surface area contributed by atoms with Gasteiger partial charge < -0.3 is 9.55 Å². The molecule has 0 atom stereocenters. The first-order valence-electron chi connectivity index (χ1n) is 10.9. The number of benzene rings is 2. The Labute approximate surface area is 191 Å². The van der Waals surface area contributed by atoms with Gasteiger partial charge in [-0.05, 0) is 42.7 Å². The van der Waals surface area contributed by atoms with Gasteiger partial charge >= 0.3 is 0 Å². The van der Waals surface area contributed by atoms with Crippen LogP contribution >= 0.6 is 0 Å². The van der Waals surface area contributed by atoms with Gasteiger partial charge in [0, 0.05) is 37.5 Å². The highest BCUT2D eigenvalue weighted by atomic mass is 32.2. The molecule has 4 heterocycles. The molecule has 9 heteroatoms. The number of sulfonamides is 1. The molecule has 0 amide bonds. The minimum absolute atomic E-state index is 0.314. The van der Waals surface area contributed by atoms with Gasteiger partial charge in [-0.1, -0.05) is 18.2 Å². The third kappa shape index (κ3) is 3.32. The lowest BCUT2D eigenvalue weighted by molar-refractivity contribution is 0.477. The summed E-state index contributed by atoms with van der Waals surface area (Å²) >= 11 is 0. The molecule has 2 aromatic carbocycles. The summed E-state index contributed by atoms with van der Waals surface area (Å²) in [6.45, 7) is 1.18. The van der Waals surface area contributed by atoms with Crippen molar-refractivity contribution in [1.82, 2.24) is 28.8 Å². The fraction of sp³-hybridized carbons (Fsp3) is 0.208. The topological polar surface area (TPSA) is 96.8 Å². The number of hydrogen-bond donors (Lipinski definition) is 1. The lowest BCUT2D eigenvalue weighted by Crippen LogP contribution is -2.27. The van der Waals surface area contributed by atoms with E-state index in [9.17, 15) is 8.42 Å². The van der Waals surface area contributed by atoms with Gasteiger partial charge in [-0.15, -0.1) is 0 Å². The average molecular weight is 459 g/mol. The molecule has 1 aliphatic rings. The highest BCUT2D eigenvalue weighted by Gasteiger charge is 2.27. The number of rotatable bonds is 4. The van der Waals surface area contributed by atoms with Crippen molar-refractivity contribution in [2.45, 2.75) is 17.7 Å². The number of H-pyrrole nitrogens is 1. The van der Waals surface area contributed by atoms with Gasteiger partial charge in [0.1, 0.15) is 5.52 Å². The van der Waals surface area contributed by atoms with Crippen LogP contribution in [-0.4, -0.2) is 50.3 Å². The van der Waals surface area contributed by atoms with E-state index in [0.717, 1.165) is 46.1 Å². The van der Waals surface area contributed by atoms with Gasteiger partial charge in [0.2, 0.25) is 10.0 Å². The van der Waals surface area contributed by atoms with Crippen molar-refractivity contribution in [3.63, 3.8) is 0 Å². The van der Waals surface area contributed by atoms with Crippen LogP contribution in [0.5, 0.6) is 0 Å². The third-order valence-electron chi connectivity index (χ3n) is 6.27. The Balaban J connectivity index is 1.38. The van der Waals surface area contributed by atoms with Gasteiger partial charge in [-0.25, -0.2) is 23.4 Å². The number of nitrogens with zero attached hydrogens (tertiary/aromatic N) is 5. The molecule has 3 aromatic heterocycles. The van der Waals surface area contributed by atoms with E-state index in [1.54, 1.807) is 41.1 Å². The van der Waals surface area contributed by atoms with Crippen LogP contribution in [0.3, 0.4) is 0 Å². The number of aromatic amines is 1. The maximum Gasteiger partial charge on any atom is 0.243 e. The zero-order valence-electron chi connectivity index (χ0n) is 18.1. The Morgan fingerprint density at radius 1 is 0.970 bits per heavy atom. The van der Waals surface area contributed by atoms with Crippen molar-refractivity contribution < 1.29 is 8.42 Å². The standard InChI is InChI=1S/C24H22N6O2S/c1-29-15-27-20-9-6-17(12-22(20)29)19-13-25-24-23(19)28-21(14-26-24)16-4-7-18(8-5-16)33(31,32)30-10-2-3-11-30/h4-9,12-15H,2-3,10-11H2,1H3,(H,25,26). The molecule has 0 spiro atoms. The predicted molar refractivity (Wildman–Crippen MR) is 127 cm³/mol. The molecule has 1 N–H and O–H groups in total. The van der Waals surface area contributed by atoms with Gasteiger partial charge in [-0.3, -0.25) is 0 Å². The number of fused-ring (bicyclic) bond motifs is 2. The van der Waals surface area contributed by atoms with Gasteiger partial charge in [-0.2, -0.15) is 4.31 Å². The third-order valence-corrected chi connectivity index (χ3v) is 8.18. The largest absolute Gasteiger partial charge is 0.344 e. The second-order valence-corrected chi connectivity index (χ2v) is 10.3. The van der Waals surface area contributed by atoms with Crippen LogP contribution in [0.25, 0.3) is 44.6 Å². The molecule has 0 radical (unpaired) electrons. The van der Waals surface area contributed by atoms with Crippen LogP contribution in [0.15, 0.2) is 66.1 Å². The highest BCUT2D eigenvalue weighted by molar-refractivity contribution is 7.89. The minimum atomic E-state index is -3.44. The molecule has 0 unspecified atom stereocenters. The van der Waals surface area contributed by atoms with Gasteiger partial charge in [0.05, 0.1) is 34.1 Å². The van der Waals surface area contributed by atoms with Crippen LogP contribution in [0, 0.1) is 0 Å². The monoisotopic (exact) mass is 458 g/mol. The summed E-state index contributed by atoms with van der Waals surface area (Å²) in [5, 5.41) is 0. The summed E-state index contributed by atoms with van der Waals surface area (Å²) in [6.07, 6.45) is 7.25. The Kier molecular flexibility index (Phi) is 4.56. The number of aromatic nitrogens is 5. The summed E-state index contributed by atoms with van der Waals surface area (Å²) in [5.74, 6) is 0. The number of aryl methyl sites for hydroxylation is 1. The zero-order chi connectivity index (χ0) is 22.6. The van der Waals surface area contributed by atoms with Crippen LogP contribution in [0.2, 0.25) is 0 Å². The lowest BCUT2D eigenvalue weighted by atomic mass is 10.1. The van der Waals surface area contributed by atoms with E-state index in [2.05, 4.69) is 21.0 Å². The van der Waals surface area contributed by atoms with Gasteiger partial charge in [0.15, 0.2) is 5.65 Å². The minimum Gasteiger partial charge on any atom is -0.344 e. The van der Waals surface area contributed by atoms with Crippen molar-refractivity contribution >= 4 is 32.2 Å². The highest BCUT2D eigenvalue weighted by Crippen LogP contribution is 2.31. The van der Waals surface area contributed by atoms with E-state index in [4.69, 9.17) is 4.98 Å². The Morgan fingerprint density at radius 3 is 2.52 bits per heavy atom.